The lowest BCUT2D eigenvalue weighted by Crippen LogP contribution is -2.28. The maximum atomic E-state index is 5.83. The standard InChI is InChI=1S/C18H22N2O/c1-15-11-13-20(14-12-19-15)16-7-9-18(10-8-16)21-17-5-3-2-4-6-17/h2-10,15,19H,11-14H2,1H3. The van der Waals surface area contributed by atoms with Crippen LogP contribution >= 0.6 is 0 Å². The van der Waals surface area contributed by atoms with Crippen LogP contribution in [0.2, 0.25) is 0 Å². The largest absolute Gasteiger partial charge is 0.457 e. The molecule has 3 rings (SSSR count). The first-order chi connectivity index (χ1) is 10.3. The molecule has 1 atom stereocenters. The summed E-state index contributed by atoms with van der Waals surface area (Å²) in [7, 11) is 0. The molecule has 1 fully saturated rings. The monoisotopic (exact) mass is 282 g/mol. The van der Waals surface area contributed by atoms with Crippen molar-refractivity contribution in [1.29, 1.82) is 0 Å². The first-order valence-corrected chi connectivity index (χ1v) is 7.62. The molecule has 110 valence electrons. The fourth-order valence-corrected chi connectivity index (χ4v) is 2.62. The highest BCUT2D eigenvalue weighted by Crippen LogP contribution is 2.24. The average Bonchev–Trinajstić information content (AvgIpc) is 2.74. The predicted molar refractivity (Wildman–Crippen MR) is 87.3 cm³/mol. The van der Waals surface area contributed by atoms with Crippen LogP contribution in [0.25, 0.3) is 0 Å². The summed E-state index contributed by atoms with van der Waals surface area (Å²) in [6.45, 7) is 5.46. The van der Waals surface area contributed by atoms with Gasteiger partial charge in [0.2, 0.25) is 0 Å². The smallest absolute Gasteiger partial charge is 0.127 e. The van der Waals surface area contributed by atoms with Gasteiger partial charge >= 0.3 is 0 Å². The number of nitrogens with zero attached hydrogens (tertiary/aromatic N) is 1. The minimum absolute atomic E-state index is 0.607. The molecule has 0 bridgehead atoms. The normalized spacial score (nSPS) is 19.1. The maximum absolute atomic E-state index is 5.83. The molecule has 1 aliphatic heterocycles. The summed E-state index contributed by atoms with van der Waals surface area (Å²) >= 11 is 0. The van der Waals surface area contributed by atoms with E-state index in [0.717, 1.165) is 31.1 Å². The van der Waals surface area contributed by atoms with Crippen LogP contribution in [0.3, 0.4) is 0 Å². The molecule has 1 heterocycles. The Hall–Kier alpha value is -2.00. The zero-order valence-corrected chi connectivity index (χ0v) is 12.5. The molecule has 1 N–H and O–H groups in total. The highest BCUT2D eigenvalue weighted by molar-refractivity contribution is 5.49. The number of anilines is 1. The summed E-state index contributed by atoms with van der Waals surface area (Å²) in [4.78, 5) is 2.43. The third-order valence-corrected chi connectivity index (χ3v) is 3.89. The van der Waals surface area contributed by atoms with Crippen molar-refractivity contribution >= 4 is 5.69 Å². The van der Waals surface area contributed by atoms with Crippen molar-refractivity contribution in [3.8, 4) is 11.5 Å². The van der Waals surface area contributed by atoms with Crippen molar-refractivity contribution in [1.82, 2.24) is 5.32 Å². The summed E-state index contributed by atoms with van der Waals surface area (Å²) in [6, 6.07) is 18.9. The fourth-order valence-electron chi connectivity index (χ4n) is 2.62. The molecule has 1 unspecified atom stereocenters. The summed E-state index contributed by atoms with van der Waals surface area (Å²) < 4.78 is 5.83. The first-order valence-electron chi connectivity index (χ1n) is 7.62. The Morgan fingerprint density at radius 3 is 2.43 bits per heavy atom. The quantitative estimate of drug-likeness (QED) is 0.929. The Kier molecular flexibility index (Phi) is 4.41. The third kappa shape index (κ3) is 3.76. The molecule has 0 spiro atoms. The van der Waals surface area contributed by atoms with Gasteiger partial charge in [-0.3, -0.25) is 0 Å². The Morgan fingerprint density at radius 2 is 1.67 bits per heavy atom. The van der Waals surface area contributed by atoms with E-state index in [-0.39, 0.29) is 0 Å². The minimum atomic E-state index is 0.607. The van der Waals surface area contributed by atoms with Crippen molar-refractivity contribution in [2.45, 2.75) is 19.4 Å². The van der Waals surface area contributed by atoms with E-state index in [2.05, 4.69) is 29.3 Å². The summed E-state index contributed by atoms with van der Waals surface area (Å²) in [6.07, 6.45) is 1.18. The van der Waals surface area contributed by atoms with Crippen LogP contribution < -0.4 is 15.0 Å². The van der Waals surface area contributed by atoms with E-state index in [1.165, 1.54) is 12.1 Å². The van der Waals surface area contributed by atoms with Gasteiger partial charge in [0.05, 0.1) is 0 Å². The number of para-hydroxylation sites is 1. The summed E-state index contributed by atoms with van der Waals surface area (Å²) in [5.74, 6) is 1.75. The minimum Gasteiger partial charge on any atom is -0.457 e. The fraction of sp³-hybridized carbons (Fsp3) is 0.333. The Bertz CT molecular complexity index is 553. The Morgan fingerprint density at radius 1 is 0.952 bits per heavy atom. The van der Waals surface area contributed by atoms with Crippen molar-refractivity contribution in [3.63, 3.8) is 0 Å². The number of nitrogens with one attached hydrogen (secondary N) is 1. The van der Waals surface area contributed by atoms with E-state index < -0.39 is 0 Å². The van der Waals surface area contributed by atoms with Crippen molar-refractivity contribution in [2.24, 2.45) is 0 Å². The van der Waals surface area contributed by atoms with Gasteiger partial charge in [0.15, 0.2) is 0 Å². The van der Waals surface area contributed by atoms with Crippen LogP contribution in [0, 0.1) is 0 Å². The van der Waals surface area contributed by atoms with Crippen molar-refractivity contribution < 1.29 is 4.74 Å². The van der Waals surface area contributed by atoms with Gasteiger partial charge in [0.1, 0.15) is 11.5 Å². The molecular weight excluding hydrogens is 260 g/mol. The van der Waals surface area contributed by atoms with Gasteiger partial charge < -0.3 is 15.0 Å². The molecule has 0 amide bonds. The zero-order chi connectivity index (χ0) is 14.5. The molecule has 0 radical (unpaired) electrons. The van der Waals surface area contributed by atoms with Crippen molar-refractivity contribution in [3.05, 3.63) is 54.6 Å². The predicted octanol–water partition coefficient (Wildman–Crippen LogP) is 3.67. The van der Waals surface area contributed by atoms with Crippen LogP contribution in [-0.2, 0) is 0 Å². The zero-order valence-electron chi connectivity index (χ0n) is 12.5. The van der Waals surface area contributed by atoms with Gasteiger partial charge in [-0.15, -0.1) is 0 Å². The van der Waals surface area contributed by atoms with Crippen molar-refractivity contribution in [2.75, 3.05) is 24.5 Å². The van der Waals surface area contributed by atoms with Gasteiger partial charge in [-0.25, -0.2) is 0 Å². The molecule has 1 saturated heterocycles. The lowest BCUT2D eigenvalue weighted by Gasteiger charge is -2.22. The molecule has 0 aromatic heterocycles. The number of ether oxygens (including phenoxy) is 1. The SMILES string of the molecule is CC1CCN(c2ccc(Oc3ccccc3)cc2)CCN1. The highest BCUT2D eigenvalue weighted by atomic mass is 16.5. The number of rotatable bonds is 3. The molecule has 3 nitrogen and oxygen atoms in total. The molecule has 3 heteroatoms. The number of hydrogen-bond acceptors (Lipinski definition) is 3. The van der Waals surface area contributed by atoms with E-state index in [9.17, 15) is 0 Å². The maximum Gasteiger partial charge on any atom is 0.127 e. The lowest BCUT2D eigenvalue weighted by atomic mass is 10.2. The van der Waals surface area contributed by atoms with Crippen LogP contribution in [0.4, 0.5) is 5.69 Å². The molecule has 0 aliphatic carbocycles. The summed E-state index contributed by atoms with van der Waals surface area (Å²) in [5.41, 5.74) is 1.27. The van der Waals surface area contributed by atoms with Gasteiger partial charge in [-0.2, -0.15) is 0 Å². The Labute approximate surface area is 126 Å². The van der Waals surface area contributed by atoms with E-state index >= 15 is 0 Å². The Balaban J connectivity index is 1.66. The molecule has 0 saturated carbocycles. The molecule has 2 aromatic rings. The van der Waals surface area contributed by atoms with Crippen LogP contribution in [0.15, 0.2) is 54.6 Å². The topological polar surface area (TPSA) is 24.5 Å². The summed E-state index contributed by atoms with van der Waals surface area (Å²) in [5, 5.41) is 3.52. The highest BCUT2D eigenvalue weighted by Gasteiger charge is 2.13. The van der Waals surface area contributed by atoms with Crippen LogP contribution in [-0.4, -0.2) is 25.7 Å². The number of benzene rings is 2. The molecule has 2 aromatic carbocycles. The second-order valence-corrected chi connectivity index (χ2v) is 5.54. The van der Waals surface area contributed by atoms with Gasteiger partial charge in [0, 0.05) is 31.4 Å². The van der Waals surface area contributed by atoms with E-state index in [1.54, 1.807) is 0 Å². The van der Waals surface area contributed by atoms with E-state index in [1.807, 2.05) is 42.5 Å². The number of hydrogen-bond donors (Lipinski definition) is 1. The van der Waals surface area contributed by atoms with Crippen LogP contribution in [0.5, 0.6) is 11.5 Å². The molecule has 21 heavy (non-hydrogen) atoms. The third-order valence-electron chi connectivity index (χ3n) is 3.89. The second kappa shape index (κ2) is 6.64. The van der Waals surface area contributed by atoms with E-state index in [0.29, 0.717) is 6.04 Å². The lowest BCUT2D eigenvalue weighted by molar-refractivity contribution is 0.482. The molecular formula is C18H22N2O. The second-order valence-electron chi connectivity index (χ2n) is 5.54. The average molecular weight is 282 g/mol. The van der Waals surface area contributed by atoms with Crippen LogP contribution in [0.1, 0.15) is 13.3 Å². The van der Waals surface area contributed by atoms with Gasteiger partial charge in [-0.05, 0) is 49.7 Å². The van der Waals surface area contributed by atoms with Gasteiger partial charge in [0.25, 0.3) is 0 Å². The van der Waals surface area contributed by atoms with E-state index in [4.69, 9.17) is 4.74 Å². The van der Waals surface area contributed by atoms with Gasteiger partial charge in [-0.1, -0.05) is 18.2 Å². The first kappa shape index (κ1) is 14.0. The molecule has 1 aliphatic rings.